The van der Waals surface area contributed by atoms with Crippen molar-refractivity contribution in [2.75, 3.05) is 198 Å². The second kappa shape index (κ2) is 72.9. The van der Waals surface area contributed by atoms with E-state index in [9.17, 15) is 112 Å². The van der Waals surface area contributed by atoms with E-state index in [4.69, 9.17) is 108 Å². The van der Waals surface area contributed by atoms with E-state index in [-0.39, 0.29) is 69.0 Å². The minimum Gasteiger partial charge on any atom is -0.462 e. The number of aliphatic hydroxyl groups is 7. The molecule has 0 saturated heterocycles. The quantitative estimate of drug-likeness (QED) is 0.0194. The van der Waals surface area contributed by atoms with Crippen molar-refractivity contribution < 1.29 is 197 Å². The van der Waals surface area contributed by atoms with Gasteiger partial charge in [-0.25, -0.2) is 62.1 Å². The summed E-state index contributed by atoms with van der Waals surface area (Å²) in [4.78, 5) is 182. The van der Waals surface area contributed by atoms with Gasteiger partial charge in [-0.05, 0) is 49.4 Å². The molecule has 1 aromatic rings. The molecule has 0 aliphatic carbocycles. The first-order chi connectivity index (χ1) is 66.8. The number of esters is 11. The lowest BCUT2D eigenvalue weighted by Crippen LogP contribution is -2.47. The van der Waals surface area contributed by atoms with Crippen molar-refractivity contribution in [1.29, 1.82) is 0 Å². The van der Waals surface area contributed by atoms with Crippen molar-refractivity contribution in [3.63, 3.8) is 0 Å². The van der Waals surface area contributed by atoms with Crippen LogP contribution in [0, 0.1) is 21.7 Å². The Morgan fingerprint density at radius 1 is 0.319 bits per heavy atom. The Labute approximate surface area is 826 Å². The van der Waals surface area contributed by atoms with Crippen molar-refractivity contribution >= 4 is 121 Å². The van der Waals surface area contributed by atoms with E-state index >= 15 is 0 Å². The molecule has 0 fully saturated rings. The van der Waals surface area contributed by atoms with Gasteiger partial charge in [-0.3, -0.25) is 32.9 Å². The maximum atomic E-state index is 13.2. The van der Waals surface area contributed by atoms with Gasteiger partial charge in [0.1, 0.15) is 66.1 Å². The Morgan fingerprint density at radius 3 is 0.759 bits per heavy atom. The van der Waals surface area contributed by atoms with Crippen molar-refractivity contribution in [2.24, 2.45) is 21.7 Å². The first kappa shape index (κ1) is 131. The number of halogens is 2. The lowest BCUT2D eigenvalue weighted by Gasteiger charge is -2.35. The highest BCUT2D eigenvalue weighted by atomic mass is 35.5. The topological polar surface area (TPSA) is 620 Å². The van der Waals surface area contributed by atoms with Gasteiger partial charge in [-0.2, -0.15) is 0 Å². The Morgan fingerprint density at radius 2 is 0.539 bits per heavy atom. The fourth-order valence-electron chi connectivity index (χ4n) is 10.5. The van der Waals surface area contributed by atoms with Crippen LogP contribution in [0.3, 0.4) is 0 Å². The number of ether oxygens (including phenoxy) is 15. The summed E-state index contributed by atoms with van der Waals surface area (Å²) < 4.78 is 108. The van der Waals surface area contributed by atoms with Crippen molar-refractivity contribution in [3.8, 4) is 0 Å². The highest BCUT2D eigenvalue weighted by Crippen LogP contribution is 2.50. The van der Waals surface area contributed by atoms with E-state index in [0.29, 0.717) is 52.8 Å². The predicted molar refractivity (Wildman–Crippen MR) is 504 cm³/mol. The summed E-state index contributed by atoms with van der Waals surface area (Å²) in [6, 6.07) is -3.02. The van der Waals surface area contributed by atoms with Crippen molar-refractivity contribution in [3.05, 3.63) is 208 Å². The molecule has 5 unspecified atom stereocenters. The van der Waals surface area contributed by atoms with Crippen LogP contribution in [-0.2, 0) is 182 Å². The number of carbonyl (C=O) groups excluding carboxylic acids is 15. The van der Waals surface area contributed by atoms with Crippen LogP contribution < -0.4 is 16.0 Å². The number of nitrogens with zero attached hydrogens (tertiary/aromatic N) is 1. The predicted octanol–water partition coefficient (Wildman–Crippen LogP) is 2.88. The molecular formula is C93H129Cl2N4O41P. The van der Waals surface area contributed by atoms with Gasteiger partial charge < -0.3 is 123 Å². The van der Waals surface area contributed by atoms with E-state index < -0.39 is 282 Å². The minimum atomic E-state index is -4.48. The minimum absolute atomic E-state index is 0.000196. The molecule has 45 nitrogen and oxygen atoms in total. The Hall–Kier alpha value is -12.3. The molecule has 0 bridgehead atoms. The fourth-order valence-corrected chi connectivity index (χ4v) is 12.7. The Kier molecular flexibility index (Phi) is 67.6. The molecule has 0 radical (unpaired) electrons. The Bertz CT molecular complexity index is 4100. The Balaban J connectivity index is 0. The molecule has 141 heavy (non-hydrogen) atoms. The van der Waals surface area contributed by atoms with Gasteiger partial charge in [0.25, 0.3) is 0 Å². The molecule has 0 heterocycles. The summed E-state index contributed by atoms with van der Waals surface area (Å²) in [5.74, 6) is -10.9. The monoisotopic (exact) mass is 2060 g/mol. The van der Waals surface area contributed by atoms with Gasteiger partial charge in [-0.1, -0.05) is 115 Å². The lowest BCUT2D eigenvalue weighted by molar-refractivity contribution is -0.167. The van der Waals surface area contributed by atoms with E-state index in [1.165, 1.54) is 20.8 Å². The number of aliphatic hydroxyl groups excluding tert-OH is 7. The number of phosphoric acid groups is 1. The average molecular weight is 2060 g/mol. The third kappa shape index (κ3) is 54.4. The zero-order valence-electron chi connectivity index (χ0n) is 79.2. The van der Waals surface area contributed by atoms with Crippen molar-refractivity contribution in [2.45, 2.75) is 64.6 Å². The molecule has 5 atom stereocenters. The maximum absolute atomic E-state index is 13.2. The van der Waals surface area contributed by atoms with Gasteiger partial charge in [0, 0.05) is 132 Å². The molecule has 0 aromatic heterocycles. The van der Waals surface area contributed by atoms with Crippen LogP contribution in [-0.4, -0.2) is 346 Å². The van der Waals surface area contributed by atoms with Gasteiger partial charge in [0.2, 0.25) is 17.7 Å². The van der Waals surface area contributed by atoms with Crippen LogP contribution in [0.4, 0.5) is 4.79 Å². The van der Waals surface area contributed by atoms with Crippen LogP contribution in [0.15, 0.2) is 176 Å². The number of hydrogen-bond donors (Lipinski definition) is 10. The zero-order chi connectivity index (χ0) is 107. The highest BCUT2D eigenvalue weighted by molar-refractivity contribution is 7.48. The van der Waals surface area contributed by atoms with Crippen LogP contribution in [0.25, 0.3) is 0 Å². The van der Waals surface area contributed by atoms with E-state index in [1.54, 1.807) is 0 Å². The SMILES string of the molecule is C=C(C)C(=O)NC(CO)COP(=O)(OCC(CO)NC(=O)C(=C)C)OCC(CO)NC(=O)C(=C)C.C=CC(=O)OCC(COCC(CO)(COC(=O)C=C)COC(=O)OCC(CO)(COCC(COC(=O)C=C)(COC(=O)C=C)COC(=O)C=C)COC(=O)C=C)(COC(=O)C=C)COC(=O)C=C.C=CC(=O)OCCc1c(Cl)c(CCOC(=O)C=C)c(CCN(CCO)CCO)c(CCOC(=O)C=C)c1Cl. The molecular weight excluding hydrogens is 1930 g/mol. The lowest BCUT2D eigenvalue weighted by atomic mass is 9.90. The molecule has 48 heteroatoms. The molecule has 1 rings (SSSR count). The number of rotatable bonds is 75. The van der Waals surface area contributed by atoms with Crippen LogP contribution in [0.5, 0.6) is 0 Å². The summed E-state index contributed by atoms with van der Waals surface area (Å²) in [5.41, 5.74) is -3.74. The second-order valence-electron chi connectivity index (χ2n) is 30.3. The molecule has 1 aromatic carbocycles. The fraction of sp³-hybridized carbons (Fsp3) is 0.473. The number of nitrogens with one attached hydrogen (secondary N) is 3. The summed E-state index contributed by atoms with van der Waals surface area (Å²) in [5, 5.41) is 76.4. The largest absolute Gasteiger partial charge is 0.508 e. The number of benzene rings is 1. The summed E-state index contributed by atoms with van der Waals surface area (Å²) in [6.45, 7) is 38.3. The zero-order valence-corrected chi connectivity index (χ0v) is 81.6. The van der Waals surface area contributed by atoms with E-state index in [0.717, 1.165) is 72.4 Å². The van der Waals surface area contributed by atoms with E-state index in [1.807, 2.05) is 4.90 Å². The molecule has 0 spiro atoms. The number of amides is 3. The van der Waals surface area contributed by atoms with Crippen LogP contribution >= 0.6 is 31.0 Å². The van der Waals surface area contributed by atoms with Crippen LogP contribution in [0.2, 0.25) is 10.0 Å². The molecule has 3 amide bonds. The summed E-state index contributed by atoms with van der Waals surface area (Å²) in [6.07, 6.45) is 9.44. The molecule has 0 saturated carbocycles. The number of phosphoric ester groups is 1. The summed E-state index contributed by atoms with van der Waals surface area (Å²) in [7, 11) is -4.48. The first-order valence-corrected chi connectivity index (χ1v) is 44.6. The van der Waals surface area contributed by atoms with Crippen molar-refractivity contribution in [1.82, 2.24) is 20.9 Å². The molecule has 0 aliphatic heterocycles. The first-order valence-electron chi connectivity index (χ1n) is 42.4. The number of hydrogen-bond acceptors (Lipinski definition) is 42. The average Bonchev–Trinajstić information content (AvgIpc) is 0.773. The standard InChI is InChI=1S/C45H58O23.C27H35Cl2NO8.C21H36N3O10P/c1-9-33(48)59-23-42(17-46,19-57-21-44(27-61-35(50)11-3,28-62-36(51)12-4)29-63-37(52)13-5)25-67-41(56)68-26-43(18-47,24-60-34(49)10-2)20-58-22-45(30-64-38(53)14-6,31-65-39(54)15-7)32-66-40(55)16-8;1-4-23(33)36-16-8-20-19(7-11-30(12-14-31)13-15-32)21(9-17-37-24(34)5-2)27(29)22(26(20)28)10-18-38-25(35)6-3;1-13(2)19(28)22-16(7-25)10-32-35(31,33-11-17(8-26)23-20(29)14(3)4)34-12-18(9-27)24-21(30)15(5)6/h9-16,46-47H,1-8,17-32H2;4-6,31-32H,1-3,7-18H2;16-18,25-27H,1,3,5,7-12H2,2,4,6H3,(H,22,28)(H,23,29)(H,24,30). The van der Waals surface area contributed by atoms with Gasteiger partial charge >= 0.3 is 79.6 Å². The van der Waals surface area contributed by atoms with E-state index in [2.05, 4.69) is 108 Å². The molecule has 786 valence electrons. The molecule has 10 N–H and O–H groups in total. The number of carbonyl (C=O) groups is 15. The highest BCUT2D eigenvalue weighted by Gasteiger charge is 2.43. The van der Waals surface area contributed by atoms with Gasteiger partial charge in [0.15, 0.2) is 0 Å². The second-order valence-corrected chi connectivity index (χ2v) is 32.7. The third-order valence-corrected chi connectivity index (χ3v) is 20.8. The maximum Gasteiger partial charge on any atom is 0.508 e. The molecule has 0 aliphatic rings. The normalized spacial score (nSPS) is 12.7. The summed E-state index contributed by atoms with van der Waals surface area (Å²) >= 11 is 13.7. The smallest absolute Gasteiger partial charge is 0.462 e. The van der Waals surface area contributed by atoms with Gasteiger partial charge in [-0.15, -0.1) is 0 Å². The third-order valence-electron chi connectivity index (χ3n) is 18.5. The van der Waals surface area contributed by atoms with Crippen LogP contribution in [0.1, 0.15) is 43.0 Å². The van der Waals surface area contributed by atoms with Gasteiger partial charge in [0.05, 0.1) is 152 Å².